The summed E-state index contributed by atoms with van der Waals surface area (Å²) in [4.78, 5) is 38.3. The Balaban J connectivity index is 3.01. The molecule has 1 amide bonds. The van der Waals surface area contributed by atoms with E-state index < -0.39 is 47.6 Å². The van der Waals surface area contributed by atoms with Gasteiger partial charge < -0.3 is 24.6 Å². The van der Waals surface area contributed by atoms with Crippen LogP contribution in [0, 0.1) is 5.92 Å². The van der Waals surface area contributed by atoms with Crippen molar-refractivity contribution in [3.05, 3.63) is 12.7 Å². The number of aliphatic hydroxyl groups excluding tert-OH is 1. The van der Waals surface area contributed by atoms with Crippen molar-refractivity contribution in [3.63, 3.8) is 0 Å². The maximum Gasteiger partial charge on any atom is 0.326 e. The van der Waals surface area contributed by atoms with E-state index in [-0.39, 0.29) is 25.5 Å². The maximum absolute atomic E-state index is 13.2. The Kier molecular flexibility index (Phi) is 9.29. The lowest BCUT2D eigenvalue weighted by Gasteiger charge is -2.31. The molecule has 0 bridgehead atoms. The average molecular weight is 414 g/mol. The smallest absolute Gasteiger partial charge is 0.326 e. The first-order chi connectivity index (χ1) is 13.4. The van der Waals surface area contributed by atoms with Crippen LogP contribution in [-0.4, -0.2) is 69.5 Å². The number of amides is 1. The Morgan fingerprint density at radius 2 is 1.90 bits per heavy atom. The number of aliphatic carboxylic acids is 1. The fourth-order valence-corrected chi connectivity index (χ4v) is 3.40. The number of aliphatic hydroxyl groups is 1. The third kappa shape index (κ3) is 8.14. The maximum atomic E-state index is 13.2. The lowest BCUT2D eigenvalue weighted by atomic mass is 9.96. The van der Waals surface area contributed by atoms with Crippen LogP contribution < -0.4 is 0 Å². The van der Waals surface area contributed by atoms with Gasteiger partial charge in [0.15, 0.2) is 0 Å². The number of ether oxygens (including phenoxy) is 2. The molecular weight excluding hydrogens is 378 g/mol. The Labute approximate surface area is 172 Å². The molecule has 1 heterocycles. The highest BCUT2D eigenvalue weighted by Crippen LogP contribution is 2.26. The number of carbonyl (C=O) groups excluding carboxylic acids is 2. The molecule has 5 atom stereocenters. The first-order valence-electron chi connectivity index (χ1n) is 10.0. The summed E-state index contributed by atoms with van der Waals surface area (Å²) >= 11 is 0. The van der Waals surface area contributed by atoms with Crippen molar-refractivity contribution >= 4 is 17.8 Å². The molecule has 0 radical (unpaired) electrons. The van der Waals surface area contributed by atoms with E-state index in [9.17, 15) is 24.6 Å². The van der Waals surface area contributed by atoms with Crippen LogP contribution in [0.2, 0.25) is 0 Å². The van der Waals surface area contributed by atoms with Gasteiger partial charge in [-0.2, -0.15) is 0 Å². The van der Waals surface area contributed by atoms with Crippen LogP contribution in [0.4, 0.5) is 0 Å². The van der Waals surface area contributed by atoms with Crippen LogP contribution in [0.1, 0.15) is 60.3 Å². The summed E-state index contributed by atoms with van der Waals surface area (Å²) in [6.07, 6.45) is 1.25. The molecular formula is C21H35NO7. The predicted molar refractivity (Wildman–Crippen MR) is 107 cm³/mol. The molecule has 1 aliphatic heterocycles. The van der Waals surface area contributed by atoms with E-state index in [1.54, 1.807) is 33.8 Å². The van der Waals surface area contributed by atoms with Crippen LogP contribution in [0.25, 0.3) is 0 Å². The van der Waals surface area contributed by atoms with E-state index in [0.717, 1.165) is 11.3 Å². The van der Waals surface area contributed by atoms with Crippen LogP contribution in [0.5, 0.6) is 0 Å². The summed E-state index contributed by atoms with van der Waals surface area (Å²) in [6, 6.07) is -1.12. The van der Waals surface area contributed by atoms with Crippen molar-refractivity contribution in [1.82, 2.24) is 4.90 Å². The van der Waals surface area contributed by atoms with Crippen LogP contribution >= 0.6 is 0 Å². The second-order valence-electron chi connectivity index (χ2n) is 8.65. The van der Waals surface area contributed by atoms with Crippen LogP contribution in [0.3, 0.4) is 0 Å². The molecule has 1 fully saturated rings. The van der Waals surface area contributed by atoms with Crippen molar-refractivity contribution in [2.75, 3.05) is 6.54 Å². The monoisotopic (exact) mass is 413 g/mol. The number of carboxylic acids is 1. The zero-order valence-corrected chi connectivity index (χ0v) is 18.1. The van der Waals surface area contributed by atoms with Crippen molar-refractivity contribution in [2.24, 2.45) is 5.92 Å². The van der Waals surface area contributed by atoms with E-state index in [1.165, 1.54) is 0 Å². The summed E-state index contributed by atoms with van der Waals surface area (Å²) in [7, 11) is 0. The number of allylic oxidation sites excluding steroid dienone is 1. The molecule has 1 saturated heterocycles. The summed E-state index contributed by atoms with van der Waals surface area (Å²) in [5.41, 5.74) is -0.709. The molecule has 8 nitrogen and oxygen atoms in total. The molecule has 0 aromatic carbocycles. The van der Waals surface area contributed by atoms with Crippen LogP contribution in [0.15, 0.2) is 12.7 Å². The molecule has 29 heavy (non-hydrogen) atoms. The first-order valence-corrected chi connectivity index (χ1v) is 10.0. The average Bonchev–Trinajstić information content (AvgIpc) is 2.97. The van der Waals surface area contributed by atoms with E-state index in [1.807, 2.05) is 6.92 Å². The van der Waals surface area contributed by atoms with Crippen LogP contribution in [-0.2, 0) is 23.9 Å². The minimum Gasteiger partial charge on any atom is -0.480 e. The number of β-amino-alcohol motifs (C(OH)–C–C–N with tert-alkyl or cyclic N) is 1. The van der Waals surface area contributed by atoms with Gasteiger partial charge in [-0.05, 0) is 47.5 Å². The Morgan fingerprint density at radius 3 is 2.41 bits per heavy atom. The number of likely N-dealkylation sites (tertiary alicyclic amines) is 1. The van der Waals surface area contributed by atoms with Gasteiger partial charge in [-0.25, -0.2) is 4.79 Å². The fraction of sp³-hybridized carbons (Fsp3) is 0.762. The molecule has 0 aromatic heterocycles. The third-order valence-corrected chi connectivity index (χ3v) is 4.76. The molecule has 2 N–H and O–H groups in total. The van der Waals surface area contributed by atoms with Gasteiger partial charge >= 0.3 is 11.9 Å². The van der Waals surface area contributed by atoms with E-state index in [4.69, 9.17) is 9.47 Å². The summed E-state index contributed by atoms with van der Waals surface area (Å²) in [5, 5.41) is 19.3. The largest absolute Gasteiger partial charge is 0.480 e. The molecule has 166 valence electrons. The van der Waals surface area contributed by atoms with Gasteiger partial charge in [-0.1, -0.05) is 6.08 Å². The minimum absolute atomic E-state index is 0.0365. The number of hydrogen-bond donors (Lipinski definition) is 2. The van der Waals surface area contributed by atoms with Gasteiger partial charge in [0, 0.05) is 13.0 Å². The molecule has 8 heteroatoms. The van der Waals surface area contributed by atoms with Gasteiger partial charge in [0.1, 0.15) is 11.6 Å². The van der Waals surface area contributed by atoms with Gasteiger partial charge in [0.2, 0.25) is 5.91 Å². The summed E-state index contributed by atoms with van der Waals surface area (Å²) in [6.45, 7) is 12.4. The highest BCUT2D eigenvalue weighted by Gasteiger charge is 2.43. The molecule has 1 rings (SSSR count). The van der Waals surface area contributed by atoms with Crippen molar-refractivity contribution < 1.29 is 34.1 Å². The Morgan fingerprint density at radius 1 is 1.28 bits per heavy atom. The second-order valence-corrected chi connectivity index (χ2v) is 8.65. The molecule has 0 aliphatic carbocycles. The number of nitrogens with zero attached hydrogens (tertiary/aromatic N) is 1. The quantitative estimate of drug-likeness (QED) is 0.417. The lowest BCUT2D eigenvalue weighted by Crippen LogP contribution is -2.47. The summed E-state index contributed by atoms with van der Waals surface area (Å²) in [5.74, 6) is -3.18. The van der Waals surface area contributed by atoms with Crippen molar-refractivity contribution in [3.8, 4) is 0 Å². The standard InChI is InChI=1S/C21H35NO7/c1-7-8-9-13(2)28-14(3)16(11-18(24)29-21(4,5)6)19(25)22-12-15(23)10-17(22)20(26)27/h7,13-17,23H,1,8-12H2,2-6H3,(H,26,27)/t13-,14+,15-,16+,17+/m1/s1. The number of esters is 1. The number of rotatable bonds is 10. The van der Waals surface area contributed by atoms with Crippen molar-refractivity contribution in [2.45, 2.75) is 90.3 Å². The zero-order valence-electron chi connectivity index (χ0n) is 18.1. The van der Waals surface area contributed by atoms with Gasteiger partial charge in [-0.15, -0.1) is 6.58 Å². The highest BCUT2D eigenvalue weighted by atomic mass is 16.6. The topological polar surface area (TPSA) is 113 Å². The number of hydrogen-bond acceptors (Lipinski definition) is 6. The molecule has 1 aliphatic rings. The second kappa shape index (κ2) is 10.7. The normalized spacial score (nSPS) is 22.6. The predicted octanol–water partition coefficient (Wildman–Crippen LogP) is 2.14. The first kappa shape index (κ1) is 25.1. The Hall–Kier alpha value is -1.93. The van der Waals surface area contributed by atoms with E-state index in [0.29, 0.717) is 6.42 Å². The molecule has 0 spiro atoms. The molecule has 0 unspecified atom stereocenters. The minimum atomic E-state index is -1.18. The Bertz CT molecular complexity index is 598. The number of carboxylic acid groups (broad SMARTS) is 1. The lowest BCUT2D eigenvalue weighted by molar-refractivity contribution is -0.163. The van der Waals surface area contributed by atoms with Gasteiger partial charge in [0.05, 0.1) is 30.7 Å². The van der Waals surface area contributed by atoms with Gasteiger partial charge in [-0.3, -0.25) is 9.59 Å². The zero-order chi connectivity index (χ0) is 22.4. The fourth-order valence-electron chi connectivity index (χ4n) is 3.40. The van der Waals surface area contributed by atoms with Crippen molar-refractivity contribution in [1.29, 1.82) is 0 Å². The number of carbonyl (C=O) groups is 3. The SMILES string of the molecule is C=CCC[C@@H](C)O[C@@H](C)[C@H](CC(=O)OC(C)(C)C)C(=O)N1C[C@H](O)C[C@H]1C(=O)O. The highest BCUT2D eigenvalue weighted by molar-refractivity contribution is 5.88. The van der Waals surface area contributed by atoms with Gasteiger partial charge in [0.25, 0.3) is 0 Å². The summed E-state index contributed by atoms with van der Waals surface area (Å²) < 4.78 is 11.3. The molecule has 0 saturated carbocycles. The van der Waals surface area contributed by atoms with E-state index >= 15 is 0 Å². The molecule has 0 aromatic rings. The third-order valence-electron chi connectivity index (χ3n) is 4.76. The van der Waals surface area contributed by atoms with E-state index in [2.05, 4.69) is 6.58 Å².